The van der Waals surface area contributed by atoms with Crippen molar-refractivity contribution in [1.29, 1.82) is 0 Å². The van der Waals surface area contributed by atoms with Crippen molar-refractivity contribution in [2.24, 2.45) is 5.92 Å². The number of H-pyrrole nitrogens is 1. The van der Waals surface area contributed by atoms with Crippen LogP contribution in [0.1, 0.15) is 50.8 Å². The number of nitrogens with one attached hydrogen (secondary N) is 2. The lowest BCUT2D eigenvalue weighted by Crippen LogP contribution is -2.24. The molecule has 2 atom stereocenters. The maximum atomic E-state index is 11.6. The molecule has 1 aromatic rings. The van der Waals surface area contributed by atoms with Gasteiger partial charge in [0.2, 0.25) is 0 Å². The van der Waals surface area contributed by atoms with Gasteiger partial charge in [-0.1, -0.05) is 30.2 Å². The van der Waals surface area contributed by atoms with Crippen LogP contribution in [-0.2, 0) is 4.79 Å². The first-order chi connectivity index (χ1) is 10.7. The van der Waals surface area contributed by atoms with Gasteiger partial charge >= 0.3 is 5.97 Å². The number of aromatic nitrogens is 4. The summed E-state index contributed by atoms with van der Waals surface area (Å²) in [6, 6.07) is 0. The fraction of sp³-hybridized carbons (Fsp3) is 0.600. The van der Waals surface area contributed by atoms with Gasteiger partial charge in [-0.15, -0.1) is 10.2 Å². The Morgan fingerprint density at radius 1 is 1.45 bits per heavy atom. The molecule has 0 fully saturated rings. The Kier molecular flexibility index (Phi) is 5.68. The molecule has 0 aliphatic heterocycles. The van der Waals surface area contributed by atoms with Gasteiger partial charge in [0.15, 0.2) is 5.82 Å². The van der Waals surface area contributed by atoms with E-state index < -0.39 is 11.9 Å². The van der Waals surface area contributed by atoms with E-state index in [9.17, 15) is 9.90 Å². The highest BCUT2D eigenvalue weighted by atomic mass is 16.4. The minimum atomic E-state index is -0.792. The fourth-order valence-electron chi connectivity index (χ4n) is 2.89. The van der Waals surface area contributed by atoms with Gasteiger partial charge in [-0.25, -0.2) is 0 Å². The van der Waals surface area contributed by atoms with Crippen LogP contribution in [0.15, 0.2) is 23.4 Å². The summed E-state index contributed by atoms with van der Waals surface area (Å²) in [5.74, 6) is -1.03. The Morgan fingerprint density at radius 2 is 2.27 bits per heavy atom. The summed E-state index contributed by atoms with van der Waals surface area (Å²) < 4.78 is 0. The number of aliphatic carboxylic acids is 1. The third-order valence-electron chi connectivity index (χ3n) is 4.13. The minimum absolute atomic E-state index is 0.244. The highest BCUT2D eigenvalue weighted by molar-refractivity contribution is 5.71. The number of allylic oxidation sites excluding steroid dienone is 4. The van der Waals surface area contributed by atoms with Gasteiger partial charge in [-0.3, -0.25) is 4.79 Å². The molecular weight excluding hydrogens is 282 g/mol. The molecule has 22 heavy (non-hydrogen) atoms. The highest BCUT2D eigenvalue weighted by Crippen LogP contribution is 2.34. The smallest absolute Gasteiger partial charge is 0.307 e. The second kappa shape index (κ2) is 7.72. The van der Waals surface area contributed by atoms with Crippen molar-refractivity contribution in [3.8, 4) is 0 Å². The maximum Gasteiger partial charge on any atom is 0.307 e. The van der Waals surface area contributed by atoms with Crippen molar-refractivity contribution in [2.45, 2.75) is 44.9 Å². The van der Waals surface area contributed by atoms with E-state index in [1.165, 1.54) is 11.3 Å². The monoisotopic (exact) mass is 305 g/mol. The normalized spacial score (nSPS) is 17.4. The number of nitrogens with zero attached hydrogens (tertiary/aromatic N) is 3. The predicted molar refractivity (Wildman–Crippen MR) is 82.0 cm³/mol. The zero-order valence-electron chi connectivity index (χ0n) is 13.0. The zero-order valence-corrected chi connectivity index (χ0v) is 13.0. The number of carbonyl (C=O) groups is 1. The molecular formula is C15H23N5O2. The van der Waals surface area contributed by atoms with E-state index in [0.717, 1.165) is 19.3 Å². The van der Waals surface area contributed by atoms with Crippen LogP contribution >= 0.6 is 0 Å². The summed E-state index contributed by atoms with van der Waals surface area (Å²) >= 11 is 0. The van der Waals surface area contributed by atoms with Gasteiger partial charge in [0, 0.05) is 18.7 Å². The molecule has 1 heterocycles. The SMILES string of the molecule is CCC[C@H](C(=O)O)[C@H](CC1=CC=C(NC)CC1)c1nn[nH]n1. The molecule has 0 amide bonds. The second-order valence-electron chi connectivity index (χ2n) is 5.58. The molecule has 120 valence electrons. The van der Waals surface area contributed by atoms with E-state index in [2.05, 4.69) is 38.1 Å². The van der Waals surface area contributed by atoms with Crippen LogP contribution in [-0.4, -0.2) is 38.7 Å². The first-order valence-corrected chi connectivity index (χ1v) is 7.68. The third kappa shape index (κ3) is 3.93. The number of carboxylic acid groups (broad SMARTS) is 1. The number of tetrazole rings is 1. The third-order valence-corrected chi connectivity index (χ3v) is 4.13. The molecule has 0 bridgehead atoms. The molecule has 3 N–H and O–H groups in total. The molecule has 2 rings (SSSR count). The second-order valence-corrected chi connectivity index (χ2v) is 5.58. The van der Waals surface area contributed by atoms with Gasteiger partial charge in [-0.2, -0.15) is 5.21 Å². The van der Waals surface area contributed by atoms with Crippen molar-refractivity contribution in [3.05, 3.63) is 29.2 Å². The number of rotatable bonds is 8. The van der Waals surface area contributed by atoms with E-state index in [4.69, 9.17) is 0 Å². The lowest BCUT2D eigenvalue weighted by molar-refractivity contribution is -0.142. The first-order valence-electron chi connectivity index (χ1n) is 7.68. The summed E-state index contributed by atoms with van der Waals surface area (Å²) in [6.45, 7) is 1.99. The van der Waals surface area contributed by atoms with Crippen LogP contribution in [0.4, 0.5) is 0 Å². The van der Waals surface area contributed by atoms with Crippen LogP contribution in [0.3, 0.4) is 0 Å². The minimum Gasteiger partial charge on any atom is -0.481 e. The number of hydrogen-bond acceptors (Lipinski definition) is 5. The average molecular weight is 305 g/mol. The van der Waals surface area contributed by atoms with Crippen molar-refractivity contribution in [1.82, 2.24) is 25.9 Å². The molecule has 1 aromatic heterocycles. The Bertz CT molecular complexity index is 550. The molecule has 0 spiro atoms. The summed E-state index contributed by atoms with van der Waals surface area (Å²) in [5, 5.41) is 26.8. The molecule has 0 saturated heterocycles. The molecule has 1 aliphatic carbocycles. The van der Waals surface area contributed by atoms with E-state index in [-0.39, 0.29) is 5.92 Å². The summed E-state index contributed by atoms with van der Waals surface area (Å²) in [4.78, 5) is 11.6. The first kappa shape index (κ1) is 16.2. The lowest BCUT2D eigenvalue weighted by Gasteiger charge is -2.23. The summed E-state index contributed by atoms with van der Waals surface area (Å²) in [5.41, 5.74) is 2.43. The van der Waals surface area contributed by atoms with E-state index in [1.807, 2.05) is 14.0 Å². The Balaban J connectivity index is 2.20. The molecule has 0 radical (unpaired) electrons. The summed E-state index contributed by atoms with van der Waals surface area (Å²) in [7, 11) is 1.91. The molecule has 7 heteroatoms. The van der Waals surface area contributed by atoms with Crippen LogP contribution in [0.5, 0.6) is 0 Å². The van der Waals surface area contributed by atoms with Crippen LogP contribution in [0.25, 0.3) is 0 Å². The Labute approximate surface area is 129 Å². The Morgan fingerprint density at radius 3 is 2.77 bits per heavy atom. The van der Waals surface area contributed by atoms with Crippen LogP contribution in [0.2, 0.25) is 0 Å². The average Bonchev–Trinajstić information content (AvgIpc) is 3.05. The van der Waals surface area contributed by atoms with Gasteiger partial charge in [0.1, 0.15) is 0 Å². The van der Waals surface area contributed by atoms with Crippen molar-refractivity contribution >= 4 is 5.97 Å². The topological polar surface area (TPSA) is 104 Å². The van der Waals surface area contributed by atoms with Crippen molar-refractivity contribution < 1.29 is 9.90 Å². The van der Waals surface area contributed by atoms with Gasteiger partial charge in [0.25, 0.3) is 0 Å². The maximum absolute atomic E-state index is 11.6. The fourth-order valence-corrected chi connectivity index (χ4v) is 2.89. The molecule has 0 saturated carbocycles. The number of aromatic amines is 1. The van der Waals surface area contributed by atoms with Gasteiger partial charge < -0.3 is 10.4 Å². The van der Waals surface area contributed by atoms with Crippen molar-refractivity contribution in [2.75, 3.05) is 7.05 Å². The standard InChI is InChI=1S/C15H23N5O2/c1-3-4-12(15(21)22)13(14-17-19-20-18-14)9-10-5-7-11(16-2)8-6-10/h5,7,12-13,16H,3-4,6,8-9H2,1-2H3,(H,21,22)(H,17,18,19,20)/t12-,13-/m0/s1. The quantitative estimate of drug-likeness (QED) is 0.678. The van der Waals surface area contributed by atoms with Gasteiger partial charge in [0.05, 0.1) is 5.92 Å². The van der Waals surface area contributed by atoms with E-state index in [0.29, 0.717) is 18.7 Å². The predicted octanol–water partition coefficient (Wildman–Crippen LogP) is 2.00. The Hall–Kier alpha value is -2.18. The number of carboxylic acids is 1. The van der Waals surface area contributed by atoms with E-state index in [1.54, 1.807) is 0 Å². The van der Waals surface area contributed by atoms with Crippen LogP contribution < -0.4 is 5.32 Å². The molecule has 1 aliphatic rings. The van der Waals surface area contributed by atoms with E-state index >= 15 is 0 Å². The van der Waals surface area contributed by atoms with Crippen molar-refractivity contribution in [3.63, 3.8) is 0 Å². The van der Waals surface area contributed by atoms with Gasteiger partial charge in [-0.05, 0) is 31.8 Å². The molecule has 7 nitrogen and oxygen atoms in total. The number of hydrogen-bond donors (Lipinski definition) is 3. The molecule has 0 unspecified atom stereocenters. The largest absolute Gasteiger partial charge is 0.481 e. The van der Waals surface area contributed by atoms with Crippen LogP contribution in [0, 0.1) is 5.92 Å². The zero-order chi connectivity index (χ0) is 15.9. The molecule has 0 aromatic carbocycles. The summed E-state index contributed by atoms with van der Waals surface area (Å²) in [6.07, 6.45) is 8.10. The highest BCUT2D eigenvalue weighted by Gasteiger charge is 2.32. The lowest BCUT2D eigenvalue weighted by atomic mass is 9.81.